The first-order chi connectivity index (χ1) is 12.2. The van der Waals surface area contributed by atoms with Gasteiger partial charge in [0.2, 0.25) is 0 Å². The van der Waals surface area contributed by atoms with Gasteiger partial charge in [-0.25, -0.2) is 14.7 Å². The molecule has 0 aromatic carbocycles. The van der Waals surface area contributed by atoms with Gasteiger partial charge in [-0.1, -0.05) is 26.2 Å². The zero-order valence-electron chi connectivity index (χ0n) is 16.0. The molecule has 0 aliphatic rings. The van der Waals surface area contributed by atoms with Crippen molar-refractivity contribution in [3.8, 4) is 5.82 Å². The molecule has 2 rings (SSSR count). The van der Waals surface area contributed by atoms with Crippen LogP contribution in [-0.4, -0.2) is 33.3 Å². The molecule has 26 heavy (non-hydrogen) atoms. The maximum absolute atomic E-state index is 4.71. The SMILES string of the molecule is CCCCCC(C)NC(=NCc1ccnc(-n2cccn2)c1)NCC.I. The molecule has 0 bridgehead atoms. The molecule has 144 valence electrons. The Morgan fingerprint density at radius 3 is 2.81 bits per heavy atom. The van der Waals surface area contributed by atoms with E-state index in [0.29, 0.717) is 12.6 Å². The van der Waals surface area contributed by atoms with E-state index < -0.39 is 0 Å². The Labute approximate surface area is 173 Å². The fourth-order valence-corrected chi connectivity index (χ4v) is 2.58. The molecule has 1 atom stereocenters. The second-order valence-corrected chi connectivity index (χ2v) is 6.21. The Bertz CT molecular complexity index is 641. The lowest BCUT2D eigenvalue weighted by molar-refractivity contribution is 0.547. The first-order valence-corrected chi connectivity index (χ1v) is 9.22. The summed E-state index contributed by atoms with van der Waals surface area (Å²) in [5.74, 6) is 1.67. The Balaban J connectivity index is 0.00000338. The summed E-state index contributed by atoms with van der Waals surface area (Å²) < 4.78 is 1.76. The Kier molecular flexibility index (Phi) is 10.9. The lowest BCUT2D eigenvalue weighted by atomic mass is 10.1. The monoisotopic (exact) mass is 470 g/mol. The summed E-state index contributed by atoms with van der Waals surface area (Å²) in [4.78, 5) is 9.07. The summed E-state index contributed by atoms with van der Waals surface area (Å²) in [5.41, 5.74) is 1.11. The third-order valence-electron chi connectivity index (χ3n) is 3.94. The van der Waals surface area contributed by atoms with Crippen molar-refractivity contribution >= 4 is 29.9 Å². The molecule has 0 saturated heterocycles. The average Bonchev–Trinajstić information content (AvgIpc) is 3.15. The molecule has 0 radical (unpaired) electrons. The van der Waals surface area contributed by atoms with Gasteiger partial charge in [0.05, 0.1) is 6.54 Å². The summed E-state index contributed by atoms with van der Waals surface area (Å²) in [6.07, 6.45) is 10.4. The van der Waals surface area contributed by atoms with E-state index in [4.69, 9.17) is 4.99 Å². The van der Waals surface area contributed by atoms with Crippen LogP contribution in [0.25, 0.3) is 5.82 Å². The van der Waals surface area contributed by atoms with Gasteiger partial charge in [0.1, 0.15) is 0 Å². The highest BCUT2D eigenvalue weighted by atomic mass is 127. The number of halogens is 1. The summed E-state index contributed by atoms with van der Waals surface area (Å²) in [6, 6.07) is 6.32. The fourth-order valence-electron chi connectivity index (χ4n) is 2.58. The van der Waals surface area contributed by atoms with E-state index in [1.54, 1.807) is 17.1 Å². The van der Waals surface area contributed by atoms with Crippen LogP contribution in [0.15, 0.2) is 41.8 Å². The number of unbranched alkanes of at least 4 members (excludes halogenated alkanes) is 2. The minimum Gasteiger partial charge on any atom is -0.357 e. The van der Waals surface area contributed by atoms with Crippen molar-refractivity contribution in [2.75, 3.05) is 6.54 Å². The van der Waals surface area contributed by atoms with Gasteiger partial charge >= 0.3 is 0 Å². The van der Waals surface area contributed by atoms with Gasteiger partial charge in [-0.2, -0.15) is 5.10 Å². The van der Waals surface area contributed by atoms with Crippen LogP contribution in [0.2, 0.25) is 0 Å². The molecule has 0 amide bonds. The highest BCUT2D eigenvalue weighted by Crippen LogP contribution is 2.08. The lowest BCUT2D eigenvalue weighted by Crippen LogP contribution is -2.42. The number of rotatable bonds is 9. The quantitative estimate of drug-likeness (QED) is 0.253. The molecule has 2 heterocycles. The molecule has 6 nitrogen and oxygen atoms in total. The van der Waals surface area contributed by atoms with Crippen LogP contribution in [0.5, 0.6) is 0 Å². The Morgan fingerprint density at radius 1 is 1.27 bits per heavy atom. The third kappa shape index (κ3) is 7.72. The fraction of sp³-hybridized carbons (Fsp3) is 0.526. The van der Waals surface area contributed by atoms with Gasteiger partial charge in [-0.15, -0.1) is 24.0 Å². The number of aliphatic imine (C=N–C) groups is 1. The van der Waals surface area contributed by atoms with Crippen molar-refractivity contribution in [3.05, 3.63) is 42.4 Å². The maximum atomic E-state index is 4.71. The number of hydrogen-bond acceptors (Lipinski definition) is 3. The number of pyridine rings is 1. The molecule has 2 N–H and O–H groups in total. The zero-order chi connectivity index (χ0) is 17.9. The zero-order valence-corrected chi connectivity index (χ0v) is 18.3. The van der Waals surface area contributed by atoms with Crippen molar-refractivity contribution in [2.24, 2.45) is 4.99 Å². The van der Waals surface area contributed by atoms with Crippen molar-refractivity contribution in [1.29, 1.82) is 0 Å². The van der Waals surface area contributed by atoms with Gasteiger partial charge < -0.3 is 10.6 Å². The van der Waals surface area contributed by atoms with Crippen LogP contribution in [-0.2, 0) is 6.54 Å². The average molecular weight is 470 g/mol. The molecule has 0 saturated carbocycles. The molecule has 2 aromatic rings. The Hall–Kier alpha value is -1.64. The minimum atomic E-state index is 0. The second kappa shape index (κ2) is 12.7. The second-order valence-electron chi connectivity index (χ2n) is 6.21. The van der Waals surface area contributed by atoms with E-state index in [0.717, 1.165) is 30.3 Å². The number of nitrogens with zero attached hydrogens (tertiary/aromatic N) is 4. The van der Waals surface area contributed by atoms with Crippen LogP contribution in [0.1, 0.15) is 52.0 Å². The van der Waals surface area contributed by atoms with E-state index in [1.807, 2.05) is 24.4 Å². The summed E-state index contributed by atoms with van der Waals surface area (Å²) >= 11 is 0. The number of guanidine groups is 1. The summed E-state index contributed by atoms with van der Waals surface area (Å²) in [7, 11) is 0. The first-order valence-electron chi connectivity index (χ1n) is 9.22. The number of aromatic nitrogens is 3. The maximum Gasteiger partial charge on any atom is 0.191 e. The molecule has 1 unspecified atom stereocenters. The predicted molar refractivity (Wildman–Crippen MR) is 118 cm³/mol. The molecule has 2 aromatic heterocycles. The van der Waals surface area contributed by atoms with E-state index in [1.165, 1.54) is 19.3 Å². The van der Waals surface area contributed by atoms with Gasteiger partial charge in [0, 0.05) is 31.2 Å². The van der Waals surface area contributed by atoms with Crippen molar-refractivity contribution < 1.29 is 0 Å². The van der Waals surface area contributed by atoms with Crippen LogP contribution >= 0.6 is 24.0 Å². The molecule has 0 aliphatic carbocycles. The van der Waals surface area contributed by atoms with Crippen molar-refractivity contribution in [1.82, 2.24) is 25.4 Å². The Morgan fingerprint density at radius 2 is 2.12 bits per heavy atom. The molecular formula is C19H31IN6. The van der Waals surface area contributed by atoms with Gasteiger partial charge in [0.15, 0.2) is 11.8 Å². The van der Waals surface area contributed by atoms with Crippen LogP contribution in [0.3, 0.4) is 0 Å². The highest BCUT2D eigenvalue weighted by molar-refractivity contribution is 14.0. The molecule has 0 aliphatic heterocycles. The van der Waals surface area contributed by atoms with Crippen LogP contribution in [0.4, 0.5) is 0 Å². The third-order valence-corrected chi connectivity index (χ3v) is 3.94. The standard InChI is InChI=1S/C19H30N6.HI/c1-4-6-7-9-16(3)24-19(20-5-2)22-15-17-10-12-21-18(14-17)25-13-8-11-23-25;/h8,10-14,16H,4-7,9,15H2,1-3H3,(H2,20,22,24);1H. The molecule has 0 spiro atoms. The smallest absolute Gasteiger partial charge is 0.191 e. The van der Waals surface area contributed by atoms with E-state index in [9.17, 15) is 0 Å². The van der Waals surface area contributed by atoms with Crippen molar-refractivity contribution in [3.63, 3.8) is 0 Å². The first kappa shape index (κ1) is 22.4. The van der Waals surface area contributed by atoms with Gasteiger partial charge in [-0.05, 0) is 44.0 Å². The predicted octanol–water partition coefficient (Wildman–Crippen LogP) is 3.91. The van der Waals surface area contributed by atoms with Crippen molar-refractivity contribution in [2.45, 2.75) is 59.0 Å². The summed E-state index contributed by atoms with van der Waals surface area (Å²) in [6.45, 7) is 7.98. The van der Waals surface area contributed by atoms with E-state index in [2.05, 4.69) is 41.5 Å². The van der Waals surface area contributed by atoms with E-state index >= 15 is 0 Å². The van der Waals surface area contributed by atoms with Crippen LogP contribution in [0, 0.1) is 0 Å². The topological polar surface area (TPSA) is 67.1 Å². The minimum absolute atomic E-state index is 0. The molecule has 0 fully saturated rings. The molecular weight excluding hydrogens is 439 g/mol. The normalized spacial score (nSPS) is 12.3. The summed E-state index contributed by atoms with van der Waals surface area (Å²) in [5, 5.41) is 11.0. The van der Waals surface area contributed by atoms with E-state index in [-0.39, 0.29) is 24.0 Å². The highest BCUT2D eigenvalue weighted by Gasteiger charge is 2.05. The molecule has 7 heteroatoms. The van der Waals surface area contributed by atoms with Crippen LogP contribution < -0.4 is 10.6 Å². The largest absolute Gasteiger partial charge is 0.357 e. The number of nitrogens with one attached hydrogen (secondary N) is 2. The van der Waals surface area contributed by atoms with Gasteiger partial charge in [-0.3, -0.25) is 0 Å². The van der Waals surface area contributed by atoms with Gasteiger partial charge in [0.25, 0.3) is 0 Å². The lowest BCUT2D eigenvalue weighted by Gasteiger charge is -2.17. The number of hydrogen-bond donors (Lipinski definition) is 2.